The summed E-state index contributed by atoms with van der Waals surface area (Å²) in [4.78, 5) is 0. The Kier molecular flexibility index (Phi) is 2.21. The first-order valence-corrected chi connectivity index (χ1v) is 3.48. The van der Waals surface area contributed by atoms with Crippen LogP contribution in [0.1, 0.15) is 25.7 Å². The maximum absolute atomic E-state index is 12.5. The van der Waals surface area contributed by atoms with Gasteiger partial charge >= 0.3 is 0 Å². The van der Waals surface area contributed by atoms with E-state index in [9.17, 15) is 8.78 Å². The number of nitrogens with one attached hydrogen (secondary N) is 1. The molecule has 0 spiro atoms. The van der Waals surface area contributed by atoms with E-state index in [4.69, 9.17) is 5.84 Å². The van der Waals surface area contributed by atoms with Crippen molar-refractivity contribution in [2.24, 2.45) is 5.84 Å². The molecule has 0 aromatic heterocycles. The molecule has 1 fully saturated rings. The molecule has 4 heteroatoms. The van der Waals surface area contributed by atoms with Crippen LogP contribution >= 0.6 is 0 Å². The van der Waals surface area contributed by atoms with Gasteiger partial charge in [-0.2, -0.15) is 0 Å². The smallest absolute Gasteiger partial charge is 0.249 e. The predicted octanol–water partition coefficient (Wildman–Crippen LogP) is 1.03. The van der Waals surface area contributed by atoms with Gasteiger partial charge in [0.2, 0.25) is 5.92 Å². The van der Waals surface area contributed by atoms with E-state index in [2.05, 4.69) is 5.43 Å². The van der Waals surface area contributed by atoms with Crippen LogP contribution in [0, 0.1) is 0 Å². The van der Waals surface area contributed by atoms with Gasteiger partial charge in [0.1, 0.15) is 0 Å². The van der Waals surface area contributed by atoms with Crippen molar-refractivity contribution < 1.29 is 8.78 Å². The van der Waals surface area contributed by atoms with Gasteiger partial charge in [0.25, 0.3) is 0 Å². The van der Waals surface area contributed by atoms with E-state index in [0.717, 1.165) is 6.42 Å². The monoisotopic (exact) mass is 150 g/mol. The molecule has 0 saturated heterocycles. The standard InChI is InChI=1S/C6H12F2N2/c7-6(8)3-1-2-5(4-6)10-9/h5,10H,1-4,9H2. The molecule has 1 saturated carbocycles. The van der Waals surface area contributed by atoms with Crippen molar-refractivity contribution in [3.8, 4) is 0 Å². The fourth-order valence-electron chi connectivity index (χ4n) is 1.31. The highest BCUT2D eigenvalue weighted by Crippen LogP contribution is 2.32. The molecule has 0 bridgehead atoms. The lowest BCUT2D eigenvalue weighted by molar-refractivity contribution is -0.0440. The molecule has 0 radical (unpaired) electrons. The van der Waals surface area contributed by atoms with Gasteiger partial charge in [0.15, 0.2) is 0 Å². The molecule has 2 nitrogen and oxygen atoms in total. The second kappa shape index (κ2) is 2.80. The molecule has 0 aliphatic heterocycles. The molecule has 1 aliphatic rings. The summed E-state index contributed by atoms with van der Waals surface area (Å²) in [7, 11) is 0. The van der Waals surface area contributed by atoms with Gasteiger partial charge in [-0.25, -0.2) is 8.78 Å². The predicted molar refractivity (Wildman–Crippen MR) is 34.5 cm³/mol. The molecule has 1 atom stereocenters. The van der Waals surface area contributed by atoms with Gasteiger partial charge in [-0.15, -0.1) is 0 Å². The zero-order valence-electron chi connectivity index (χ0n) is 5.74. The molecule has 1 rings (SSSR count). The Bertz CT molecular complexity index is 116. The first-order chi connectivity index (χ1) is 4.64. The van der Waals surface area contributed by atoms with Crippen molar-refractivity contribution in [2.75, 3.05) is 0 Å². The van der Waals surface area contributed by atoms with Crippen LogP contribution in [0.15, 0.2) is 0 Å². The van der Waals surface area contributed by atoms with Gasteiger partial charge in [-0.05, 0) is 12.8 Å². The van der Waals surface area contributed by atoms with Crippen LogP contribution in [0.5, 0.6) is 0 Å². The summed E-state index contributed by atoms with van der Waals surface area (Å²) in [6.45, 7) is 0. The largest absolute Gasteiger partial charge is 0.271 e. The summed E-state index contributed by atoms with van der Waals surface area (Å²) in [6.07, 6.45) is 1.25. The third kappa shape index (κ3) is 1.88. The molecule has 0 aromatic rings. The number of hydrazine groups is 1. The van der Waals surface area contributed by atoms with Crippen molar-refractivity contribution in [1.29, 1.82) is 0 Å². The molecule has 0 aromatic carbocycles. The highest BCUT2D eigenvalue weighted by molar-refractivity contribution is 4.80. The number of rotatable bonds is 1. The lowest BCUT2D eigenvalue weighted by atomic mass is 9.93. The van der Waals surface area contributed by atoms with Gasteiger partial charge in [0, 0.05) is 18.9 Å². The number of nitrogens with two attached hydrogens (primary N) is 1. The molecular formula is C6H12F2N2. The highest BCUT2D eigenvalue weighted by atomic mass is 19.3. The average Bonchev–Trinajstić information content (AvgIpc) is 1.86. The van der Waals surface area contributed by atoms with Crippen LogP contribution in [0.3, 0.4) is 0 Å². The highest BCUT2D eigenvalue weighted by Gasteiger charge is 2.35. The summed E-state index contributed by atoms with van der Waals surface area (Å²) in [5.74, 6) is 2.55. The Labute approximate surface area is 58.7 Å². The summed E-state index contributed by atoms with van der Waals surface area (Å²) in [5.41, 5.74) is 2.38. The number of hydrogen-bond acceptors (Lipinski definition) is 2. The summed E-state index contributed by atoms with van der Waals surface area (Å²) in [6, 6.07) is -0.191. The van der Waals surface area contributed by atoms with E-state index in [0.29, 0.717) is 6.42 Å². The second-order valence-corrected chi connectivity index (χ2v) is 2.82. The zero-order chi connectivity index (χ0) is 7.61. The molecule has 0 heterocycles. The van der Waals surface area contributed by atoms with Crippen LogP contribution in [-0.4, -0.2) is 12.0 Å². The third-order valence-electron chi connectivity index (χ3n) is 1.88. The molecule has 0 amide bonds. The Morgan fingerprint density at radius 3 is 2.60 bits per heavy atom. The second-order valence-electron chi connectivity index (χ2n) is 2.82. The topological polar surface area (TPSA) is 38.0 Å². The maximum Gasteiger partial charge on any atom is 0.249 e. The number of halogens is 2. The fourth-order valence-corrected chi connectivity index (χ4v) is 1.31. The molecule has 60 valence electrons. The van der Waals surface area contributed by atoms with Crippen LogP contribution < -0.4 is 11.3 Å². The summed E-state index contributed by atoms with van der Waals surface area (Å²) in [5, 5.41) is 0. The van der Waals surface area contributed by atoms with Gasteiger partial charge in [-0.3, -0.25) is 11.3 Å². The minimum atomic E-state index is -2.49. The SMILES string of the molecule is NNC1CCCC(F)(F)C1. The number of hydrogen-bond donors (Lipinski definition) is 2. The van der Waals surface area contributed by atoms with Crippen molar-refractivity contribution in [3.05, 3.63) is 0 Å². The molecule has 1 unspecified atom stereocenters. The summed E-state index contributed by atoms with van der Waals surface area (Å²) >= 11 is 0. The number of alkyl halides is 2. The minimum Gasteiger partial charge on any atom is -0.271 e. The van der Waals surface area contributed by atoms with Crippen LogP contribution in [-0.2, 0) is 0 Å². The molecular weight excluding hydrogens is 138 g/mol. The quantitative estimate of drug-likeness (QED) is 0.432. The Hall–Kier alpha value is -0.220. The van der Waals surface area contributed by atoms with Crippen molar-refractivity contribution in [1.82, 2.24) is 5.43 Å². The van der Waals surface area contributed by atoms with E-state index >= 15 is 0 Å². The van der Waals surface area contributed by atoms with E-state index in [1.54, 1.807) is 0 Å². The van der Waals surface area contributed by atoms with E-state index in [1.807, 2.05) is 0 Å². The Morgan fingerprint density at radius 1 is 1.50 bits per heavy atom. The van der Waals surface area contributed by atoms with Gasteiger partial charge in [0.05, 0.1) is 0 Å². The molecule has 3 N–H and O–H groups in total. The minimum absolute atomic E-state index is 0.0190. The van der Waals surface area contributed by atoms with Crippen molar-refractivity contribution in [3.63, 3.8) is 0 Å². The van der Waals surface area contributed by atoms with Gasteiger partial charge in [-0.1, -0.05) is 0 Å². The lowest BCUT2D eigenvalue weighted by Crippen LogP contribution is -2.42. The maximum atomic E-state index is 12.5. The molecule has 1 aliphatic carbocycles. The van der Waals surface area contributed by atoms with Gasteiger partial charge < -0.3 is 0 Å². The van der Waals surface area contributed by atoms with E-state index in [1.165, 1.54) is 0 Å². The first-order valence-electron chi connectivity index (χ1n) is 3.48. The van der Waals surface area contributed by atoms with E-state index < -0.39 is 5.92 Å². The van der Waals surface area contributed by atoms with Crippen LogP contribution in [0.25, 0.3) is 0 Å². The van der Waals surface area contributed by atoms with E-state index in [-0.39, 0.29) is 18.9 Å². The fraction of sp³-hybridized carbons (Fsp3) is 1.00. The summed E-state index contributed by atoms with van der Waals surface area (Å²) < 4.78 is 25.1. The average molecular weight is 150 g/mol. The zero-order valence-corrected chi connectivity index (χ0v) is 5.74. The Balaban J connectivity index is 2.40. The van der Waals surface area contributed by atoms with Crippen molar-refractivity contribution >= 4 is 0 Å². The van der Waals surface area contributed by atoms with Crippen LogP contribution in [0.2, 0.25) is 0 Å². The first kappa shape index (κ1) is 7.88. The van der Waals surface area contributed by atoms with Crippen LogP contribution in [0.4, 0.5) is 8.78 Å². The third-order valence-corrected chi connectivity index (χ3v) is 1.88. The lowest BCUT2D eigenvalue weighted by Gasteiger charge is -2.27. The van der Waals surface area contributed by atoms with Crippen molar-refractivity contribution in [2.45, 2.75) is 37.6 Å². The molecule has 10 heavy (non-hydrogen) atoms. The normalized spacial score (nSPS) is 32.1. The Morgan fingerprint density at radius 2 is 2.20 bits per heavy atom.